The number of imide groups is 3. The summed E-state index contributed by atoms with van der Waals surface area (Å²) < 4.78 is 33.4. The summed E-state index contributed by atoms with van der Waals surface area (Å²) in [6, 6.07) is 27.9. The smallest absolute Gasteiger partial charge is 0.335 e. The maximum Gasteiger partial charge on any atom is 0.335 e. The highest BCUT2D eigenvalue weighted by molar-refractivity contribution is 9.10. The van der Waals surface area contributed by atoms with E-state index in [1.54, 1.807) is 57.2 Å². The maximum absolute atomic E-state index is 12.4. The number of carbonyl (C=O) groups is 10. The Morgan fingerprint density at radius 3 is 1.34 bits per heavy atom. The third-order valence-electron chi connectivity index (χ3n) is 11.1. The lowest BCUT2D eigenvalue weighted by molar-refractivity contribution is -0.146. The molecule has 9 rings (SSSR count). The van der Waals surface area contributed by atoms with Crippen molar-refractivity contribution in [2.75, 3.05) is 39.5 Å². The summed E-state index contributed by atoms with van der Waals surface area (Å²) in [5.41, 5.74) is 3.32. The van der Waals surface area contributed by atoms with Crippen LogP contribution in [0.3, 0.4) is 0 Å². The Morgan fingerprint density at radius 1 is 0.537 bits per heavy atom. The van der Waals surface area contributed by atoms with E-state index in [2.05, 4.69) is 31.9 Å². The fourth-order valence-electron chi connectivity index (χ4n) is 7.32. The lowest BCUT2D eigenvalue weighted by Crippen LogP contribution is -2.34. The molecule has 424 valence electrons. The number of carboxylic acids is 1. The molecule has 3 aliphatic rings. The van der Waals surface area contributed by atoms with Gasteiger partial charge in [-0.1, -0.05) is 61.7 Å². The fraction of sp³-hybridized carbons (Fsp3) is 0.179. The van der Waals surface area contributed by atoms with Crippen molar-refractivity contribution in [3.63, 3.8) is 0 Å². The molecule has 3 saturated heterocycles. The molecule has 0 radical (unpaired) electrons. The van der Waals surface area contributed by atoms with E-state index in [0.29, 0.717) is 51.1 Å². The maximum atomic E-state index is 12.4. The van der Waals surface area contributed by atoms with Gasteiger partial charge in [0.2, 0.25) is 0 Å². The van der Waals surface area contributed by atoms with Crippen LogP contribution in [0.5, 0.6) is 0 Å². The van der Waals surface area contributed by atoms with Gasteiger partial charge in [0.1, 0.15) is 54.2 Å². The lowest BCUT2D eigenvalue weighted by Gasteiger charge is -2.10. The predicted molar refractivity (Wildman–Crippen MR) is 312 cm³/mol. The lowest BCUT2D eigenvalue weighted by atomic mass is 10.1. The number of furan rings is 3. The van der Waals surface area contributed by atoms with Gasteiger partial charge in [-0.2, -0.15) is 0 Å². The van der Waals surface area contributed by atoms with Crippen LogP contribution >= 0.6 is 78.7 Å². The van der Waals surface area contributed by atoms with E-state index < -0.39 is 77.0 Å². The second-order valence-electron chi connectivity index (χ2n) is 16.8. The Morgan fingerprint density at radius 2 is 0.939 bits per heavy atom. The summed E-state index contributed by atoms with van der Waals surface area (Å²) in [7, 11) is 0. The Balaban J connectivity index is 0.000000177. The van der Waals surface area contributed by atoms with Gasteiger partial charge >= 0.3 is 23.9 Å². The molecule has 6 aromatic rings. The van der Waals surface area contributed by atoms with E-state index in [-0.39, 0.29) is 45.9 Å². The molecule has 0 bridgehead atoms. The molecular weight excluding hydrogens is 1280 g/mol. The van der Waals surface area contributed by atoms with Crippen LogP contribution in [0, 0.1) is 6.92 Å². The number of nitrogens with zero attached hydrogens (tertiary/aromatic N) is 3. The normalized spacial score (nSPS) is 15.5. The topological polar surface area (TPSA) is 268 Å². The summed E-state index contributed by atoms with van der Waals surface area (Å²) in [5, 5.41) is 7.82. The highest BCUT2D eigenvalue weighted by Crippen LogP contribution is 2.38. The minimum Gasteiger partial charge on any atom is -0.478 e. The number of ether oxygens (including phenoxy) is 3. The average molecular weight is 1320 g/mol. The molecular formula is C56H44Br2ClN3O17S3. The number of rotatable bonds is 16. The number of benzene rings is 3. The van der Waals surface area contributed by atoms with Crippen molar-refractivity contribution in [1.82, 2.24) is 14.7 Å². The highest BCUT2D eigenvalue weighted by Gasteiger charge is 2.39. The zero-order chi connectivity index (χ0) is 59.4. The quantitative estimate of drug-likeness (QED) is 0.0536. The second-order valence-corrected chi connectivity index (χ2v) is 22.0. The molecule has 6 heterocycles. The summed E-state index contributed by atoms with van der Waals surface area (Å²) in [6.07, 6.45) is 4.37. The van der Waals surface area contributed by atoms with Gasteiger partial charge in [-0.15, -0.1) is 0 Å². The minimum absolute atomic E-state index is 0.0439. The van der Waals surface area contributed by atoms with Crippen LogP contribution in [0.4, 0.5) is 14.4 Å². The molecule has 0 atom stereocenters. The Hall–Kier alpha value is -7.68. The number of thioether (sulfide) groups is 3. The first-order chi connectivity index (χ1) is 39.2. The second kappa shape index (κ2) is 28.3. The monoisotopic (exact) mass is 1320 g/mol. The van der Waals surface area contributed by atoms with Crippen molar-refractivity contribution in [2.45, 2.75) is 27.7 Å². The fourth-order valence-corrected chi connectivity index (χ4v) is 10.9. The number of halogens is 3. The number of amides is 6. The molecule has 0 spiro atoms. The van der Waals surface area contributed by atoms with E-state index in [4.69, 9.17) is 44.2 Å². The van der Waals surface area contributed by atoms with Crippen LogP contribution in [-0.2, 0) is 43.0 Å². The largest absolute Gasteiger partial charge is 0.478 e. The van der Waals surface area contributed by atoms with Crippen LogP contribution in [-0.4, -0.2) is 117 Å². The molecule has 0 aliphatic carbocycles. The number of aromatic carboxylic acids is 1. The first kappa shape index (κ1) is 61.9. The Kier molecular flexibility index (Phi) is 21.4. The molecule has 3 aromatic heterocycles. The van der Waals surface area contributed by atoms with Crippen molar-refractivity contribution in [3.05, 3.63) is 154 Å². The van der Waals surface area contributed by atoms with Crippen LogP contribution in [0.2, 0.25) is 5.02 Å². The molecule has 1 N–H and O–H groups in total. The SMILES string of the molecule is CCOC(=O)CN1C(=O)S/C(=C\c2ccc(-c3cc(C(=O)O)ccc3Cl)o2)C1=O.CCOC(=O)CN1C(=O)S/C(=C\c2ccc(-c3ccc(Br)cc3)o2)C1=O.CCOC(=O)CN1C(=O)S/C(=C\c2ccc(-c3ccc(C)cc3Br)o2)C1=O. The third kappa shape index (κ3) is 15.9. The molecule has 0 unspecified atom stereocenters. The number of hydrogen-bond donors (Lipinski definition) is 1. The summed E-state index contributed by atoms with van der Waals surface area (Å²) in [5.74, 6) is -1.98. The van der Waals surface area contributed by atoms with Gasteiger partial charge in [-0.25, -0.2) is 4.79 Å². The van der Waals surface area contributed by atoms with E-state index in [9.17, 15) is 47.9 Å². The number of carboxylic acid groups (broad SMARTS) is 1. The van der Waals surface area contributed by atoms with E-state index in [0.717, 1.165) is 63.9 Å². The van der Waals surface area contributed by atoms with Crippen LogP contribution in [0.25, 0.3) is 52.2 Å². The van der Waals surface area contributed by atoms with Crippen molar-refractivity contribution in [2.24, 2.45) is 0 Å². The number of esters is 3. The van der Waals surface area contributed by atoms with E-state index in [1.807, 2.05) is 49.4 Å². The average Bonchev–Trinajstić information content (AvgIpc) is 4.50. The first-order valence-corrected chi connectivity index (χ1v) is 28.7. The van der Waals surface area contributed by atoms with Crippen molar-refractivity contribution < 1.29 is 80.5 Å². The van der Waals surface area contributed by atoms with Crippen molar-refractivity contribution >= 4 is 154 Å². The summed E-state index contributed by atoms with van der Waals surface area (Å²) in [6.45, 7) is 6.21. The van der Waals surface area contributed by atoms with Gasteiger partial charge in [0, 0.05) is 43.9 Å². The minimum atomic E-state index is -1.11. The molecule has 20 nitrogen and oxygen atoms in total. The number of hydrogen-bond acceptors (Lipinski definition) is 19. The molecule has 26 heteroatoms. The zero-order valence-corrected chi connectivity index (χ0v) is 49.8. The van der Waals surface area contributed by atoms with Crippen molar-refractivity contribution in [3.8, 4) is 34.0 Å². The predicted octanol–water partition coefficient (Wildman–Crippen LogP) is 12.8. The zero-order valence-electron chi connectivity index (χ0n) is 43.4. The standard InChI is InChI=1S/C19H16BrNO5S.C19H14ClNO7S.C18H14BrNO5S/c1-3-25-17(22)10-21-18(23)16(27-19(21)24)9-12-5-7-15(26-12)13-6-4-11(2)8-14(13)20;1-2-27-16(22)9-21-17(23)15(29-19(21)26)8-11-4-6-14(28-11)12-7-10(18(24)25)3-5-13(12)20;1-2-24-16(21)10-20-17(22)15(26-18(20)23)9-13-7-8-14(25-13)11-3-5-12(19)6-4-11/h4-9H,3,10H2,1-2H3;3-8H,2,9H2,1H3,(H,24,25);3-9H,2,10H2,1H3/b16-9-;15-8-;15-9-. The molecule has 3 aliphatic heterocycles. The van der Waals surface area contributed by atoms with E-state index in [1.165, 1.54) is 36.4 Å². The summed E-state index contributed by atoms with van der Waals surface area (Å²) in [4.78, 5) is 122. The number of carbonyl (C=O) groups excluding carboxylic acids is 9. The van der Waals surface area contributed by atoms with Gasteiger partial charge in [0.05, 0.1) is 45.1 Å². The summed E-state index contributed by atoms with van der Waals surface area (Å²) >= 11 is 15.2. The molecule has 0 saturated carbocycles. The van der Waals surface area contributed by atoms with Gasteiger partial charge in [-0.3, -0.25) is 57.9 Å². The molecule has 3 aromatic carbocycles. The molecule has 3 fully saturated rings. The van der Waals surface area contributed by atoms with Crippen LogP contribution in [0.15, 0.2) is 134 Å². The third-order valence-corrected chi connectivity index (χ3v) is 15.3. The van der Waals surface area contributed by atoms with Crippen molar-refractivity contribution in [1.29, 1.82) is 0 Å². The van der Waals surface area contributed by atoms with E-state index >= 15 is 0 Å². The van der Waals surface area contributed by atoms with Gasteiger partial charge in [0.15, 0.2) is 0 Å². The van der Waals surface area contributed by atoms with Gasteiger partial charge < -0.3 is 32.6 Å². The molecule has 82 heavy (non-hydrogen) atoms. The van der Waals surface area contributed by atoms with Crippen LogP contribution < -0.4 is 0 Å². The highest BCUT2D eigenvalue weighted by atomic mass is 79.9. The Labute approximate surface area is 501 Å². The van der Waals surface area contributed by atoms with Crippen LogP contribution in [0.1, 0.15) is 54.0 Å². The first-order valence-electron chi connectivity index (χ1n) is 24.2. The molecule has 6 amide bonds. The number of aryl methyl sites for hydroxylation is 1. The van der Waals surface area contributed by atoms with Gasteiger partial charge in [0.25, 0.3) is 33.4 Å². The Bertz CT molecular complexity index is 3620. The van der Waals surface area contributed by atoms with Gasteiger partial charge in [-0.05, 0) is 147 Å².